The smallest absolute Gasteiger partial charge is 0.336 e. The summed E-state index contributed by atoms with van der Waals surface area (Å²) in [4.78, 5) is 73.4. The van der Waals surface area contributed by atoms with Crippen molar-refractivity contribution in [2.45, 2.75) is 116 Å². The Bertz CT molecular complexity index is 3310. The molecule has 0 bridgehead atoms. The number of hydrogen-bond donors (Lipinski definition) is 4. The molecule has 0 aliphatic carbocycles. The fraction of sp³-hybridized carbons (Fsp3) is 0.400. The van der Waals surface area contributed by atoms with Gasteiger partial charge < -0.3 is 25.0 Å². The highest BCUT2D eigenvalue weighted by Gasteiger charge is 2.36. The molecule has 5 aromatic carbocycles. The van der Waals surface area contributed by atoms with E-state index in [-0.39, 0.29) is 55.3 Å². The summed E-state index contributed by atoms with van der Waals surface area (Å²) in [6.45, 7) is 4.28. The van der Waals surface area contributed by atoms with E-state index in [1.54, 1.807) is 65.0 Å². The number of azide groups is 1. The molecule has 5 aliphatic rings. The summed E-state index contributed by atoms with van der Waals surface area (Å²) in [5.74, 6) is -0.584. The van der Waals surface area contributed by atoms with Gasteiger partial charge in [-0.2, -0.15) is 0 Å². The van der Waals surface area contributed by atoms with Crippen molar-refractivity contribution in [3.05, 3.63) is 161 Å². The molecule has 0 aromatic heterocycles. The summed E-state index contributed by atoms with van der Waals surface area (Å²) in [6, 6.07) is 23.2. The molecule has 10 rings (SSSR count). The third-order valence-corrected chi connectivity index (χ3v) is 15.7. The van der Waals surface area contributed by atoms with E-state index in [1.807, 2.05) is 6.07 Å². The number of amides is 3. The zero-order valence-corrected chi connectivity index (χ0v) is 43.0. The molecule has 0 spiro atoms. The highest BCUT2D eigenvalue weighted by molar-refractivity contribution is 6.03. The van der Waals surface area contributed by atoms with E-state index in [9.17, 15) is 29.1 Å². The van der Waals surface area contributed by atoms with Gasteiger partial charge in [0.2, 0.25) is 11.3 Å². The van der Waals surface area contributed by atoms with E-state index in [2.05, 4.69) is 37.0 Å². The molecular weight excluding hydrogens is 961 g/mol. The van der Waals surface area contributed by atoms with Crippen LogP contribution in [-0.4, -0.2) is 84.0 Å². The molecule has 0 saturated carbocycles. The summed E-state index contributed by atoms with van der Waals surface area (Å²) in [7, 11) is 0. The minimum Gasteiger partial charge on any atom is -0.478 e. The van der Waals surface area contributed by atoms with Gasteiger partial charge in [0.25, 0.3) is 11.8 Å². The summed E-state index contributed by atoms with van der Waals surface area (Å²) in [5.41, 5.74) is 21.6. The number of carbonyl (C=O) groups excluding carboxylic acids is 4. The van der Waals surface area contributed by atoms with E-state index in [1.165, 1.54) is 39.4 Å². The number of hydrogen-bond acceptors (Lipinski definition) is 9. The average molecular weight is 1030 g/mol. The zero-order chi connectivity index (χ0) is 52.7. The summed E-state index contributed by atoms with van der Waals surface area (Å²) >= 11 is 0. The minimum atomic E-state index is -1.09. The van der Waals surface area contributed by atoms with Crippen molar-refractivity contribution < 1.29 is 39.0 Å². The molecule has 5 aromatic rings. The molecule has 0 radical (unpaired) electrons. The lowest BCUT2D eigenvalue weighted by molar-refractivity contribution is -0.129. The lowest BCUT2D eigenvalue weighted by Crippen LogP contribution is -2.41. The van der Waals surface area contributed by atoms with Crippen LogP contribution in [0.25, 0.3) is 16.0 Å². The molecule has 392 valence electrons. The number of Topliss-reactive ketones (excluding diaryl/α,β-unsaturated/α-hetero) is 1. The van der Waals surface area contributed by atoms with E-state index in [0.717, 1.165) is 137 Å². The van der Waals surface area contributed by atoms with Crippen molar-refractivity contribution >= 4 is 46.4 Å². The van der Waals surface area contributed by atoms with Crippen LogP contribution in [0, 0.1) is 0 Å². The number of benzene rings is 5. The maximum Gasteiger partial charge on any atom is 0.336 e. The molecule has 16 heteroatoms. The fourth-order valence-corrected chi connectivity index (χ4v) is 12.1. The van der Waals surface area contributed by atoms with Crippen LogP contribution in [0.3, 0.4) is 0 Å². The molecule has 0 fully saturated rings. The van der Waals surface area contributed by atoms with Gasteiger partial charge in [0.05, 0.1) is 11.1 Å². The second-order valence-electron chi connectivity index (χ2n) is 20.8. The van der Waals surface area contributed by atoms with Crippen molar-refractivity contribution in [2.24, 2.45) is 5.11 Å². The highest BCUT2D eigenvalue weighted by Crippen LogP contribution is 2.48. The van der Waals surface area contributed by atoms with Gasteiger partial charge in [0, 0.05) is 120 Å². The number of ether oxygens (including phenoxy) is 1. The van der Waals surface area contributed by atoms with Gasteiger partial charge >= 0.3 is 5.97 Å². The topological polar surface area (TPSA) is 217 Å². The first-order chi connectivity index (χ1) is 37.1. The first-order valence-electron chi connectivity index (χ1n) is 27.1. The predicted molar refractivity (Wildman–Crippen MR) is 288 cm³/mol. The van der Waals surface area contributed by atoms with E-state index >= 15 is 0 Å². The average Bonchev–Trinajstić information content (AvgIpc) is 3.93. The normalized spacial score (nSPS) is 15.0. The minimum absolute atomic E-state index is 0.0614. The number of nitrogens with zero attached hydrogens (tertiary/aromatic N) is 6. The van der Waals surface area contributed by atoms with Crippen molar-refractivity contribution in [2.75, 3.05) is 44.2 Å². The maximum atomic E-state index is 14.5. The molecule has 0 atom stereocenters. The first-order valence-corrected chi connectivity index (χ1v) is 27.1. The monoisotopic (exact) mass is 1030 g/mol. The fourth-order valence-electron chi connectivity index (χ4n) is 12.1. The largest absolute Gasteiger partial charge is 0.478 e. The van der Waals surface area contributed by atoms with Gasteiger partial charge in [-0.15, -0.1) is 0 Å². The number of hydroxylamine groups is 1. The molecule has 3 amide bonds. The van der Waals surface area contributed by atoms with E-state index in [4.69, 9.17) is 15.5 Å². The number of nitrogens with one attached hydrogen (secondary N) is 2. The van der Waals surface area contributed by atoms with E-state index < -0.39 is 17.8 Å². The lowest BCUT2D eigenvalue weighted by Gasteiger charge is -2.35. The number of carboxylic acids is 1. The zero-order valence-electron chi connectivity index (χ0n) is 43.0. The first kappa shape index (κ1) is 51.7. The summed E-state index contributed by atoms with van der Waals surface area (Å²) < 4.78 is 9.81. The van der Waals surface area contributed by atoms with E-state index in [0.29, 0.717) is 41.6 Å². The van der Waals surface area contributed by atoms with Crippen LogP contribution in [0.4, 0.5) is 11.4 Å². The number of aromatic carboxylic acids is 1. The molecule has 4 N–H and O–H groups in total. The molecule has 16 nitrogen and oxygen atoms in total. The predicted octanol–water partition coefficient (Wildman–Crippen LogP) is 8.57. The Balaban J connectivity index is 0.940. The molecule has 0 saturated heterocycles. The Hall–Kier alpha value is -7.81. The second-order valence-corrected chi connectivity index (χ2v) is 20.8. The number of anilines is 1. The lowest BCUT2D eigenvalue weighted by atomic mass is 9.82. The van der Waals surface area contributed by atoms with Gasteiger partial charge in [-0.1, -0.05) is 48.3 Å². The van der Waals surface area contributed by atoms with Crippen LogP contribution in [0.2, 0.25) is 0 Å². The third-order valence-electron chi connectivity index (χ3n) is 15.7. The summed E-state index contributed by atoms with van der Waals surface area (Å²) in [5, 5.41) is 28.6. The van der Waals surface area contributed by atoms with Gasteiger partial charge in [0.1, 0.15) is 30.4 Å². The molecule has 5 heterocycles. The van der Waals surface area contributed by atoms with Crippen LogP contribution in [-0.2, 0) is 48.2 Å². The molecule has 76 heavy (non-hydrogen) atoms. The van der Waals surface area contributed by atoms with Crippen LogP contribution in [0.1, 0.15) is 153 Å². The Morgan fingerprint density at radius 3 is 2.33 bits per heavy atom. The number of unbranched alkanes of at least 4 members (excludes halogenated alkanes) is 3. The Kier molecular flexibility index (Phi) is 15.9. The van der Waals surface area contributed by atoms with Crippen LogP contribution < -0.4 is 35.6 Å². The standard InChI is InChI=1S/C60H64N8O8/c61-65-63-44-15-9-12-39(32-44)37-68(59(72)40-22-20-38(21-23-40)33-45(69)16-3-1-2-4-19-52(70)64-75)31-26-62-58(71)43-24-25-46(60(73)74)49(36-43)53-50-34-41-13-5-7-27-66-29-10-17-47(54(41)66)56(50)76-57-48-18-11-30-67-28-8-6-14-42(55(48)67)35-51(53)57/h9,12,15,20-25,32,34-36H,1-8,10-11,13-14,16-19,26-31,33,37H2,(H3-,62,64,70,71,73,74,75)/p+1. The van der Waals surface area contributed by atoms with Gasteiger partial charge in [-0.05, 0) is 141 Å². The number of rotatable bonds is 19. The third kappa shape index (κ3) is 11.1. The molecule has 5 aliphatic heterocycles. The van der Waals surface area contributed by atoms with Crippen molar-refractivity contribution in [3.63, 3.8) is 0 Å². The summed E-state index contributed by atoms with van der Waals surface area (Å²) in [6.07, 6.45) is 13.6. The van der Waals surface area contributed by atoms with Crippen molar-refractivity contribution in [1.29, 1.82) is 0 Å². The maximum absolute atomic E-state index is 14.5. The van der Waals surface area contributed by atoms with Crippen LogP contribution in [0.5, 0.6) is 11.5 Å². The number of aryl methyl sites for hydroxylation is 2. The Morgan fingerprint density at radius 2 is 1.51 bits per heavy atom. The number of carbonyl (C=O) groups is 5. The van der Waals surface area contributed by atoms with Crippen molar-refractivity contribution in [1.82, 2.24) is 20.3 Å². The second kappa shape index (κ2) is 23.4. The Labute approximate surface area is 441 Å². The Morgan fingerprint density at radius 1 is 0.750 bits per heavy atom. The van der Waals surface area contributed by atoms with Gasteiger partial charge in [-0.25, -0.2) is 14.9 Å². The van der Waals surface area contributed by atoms with Gasteiger partial charge in [-0.3, -0.25) is 24.4 Å². The SMILES string of the molecule is [N-]=[N+]=Nc1cccc(CN(CCNC(=O)c2ccc(C(=O)O)c(C3=c4cc5c6c(c4Oc4c3cc3c7c4CCCN7CCCC3)CCC[N+]=6CCCC5)c2)C(=O)c2ccc(CC(=O)CCCCCCC(=O)NO)cc2)c1. The molecular formula is C60H65N8O8+. The highest BCUT2D eigenvalue weighted by atomic mass is 16.5. The van der Waals surface area contributed by atoms with Crippen LogP contribution in [0.15, 0.2) is 84.0 Å². The van der Waals surface area contributed by atoms with Crippen LogP contribution >= 0.6 is 0 Å². The molecule has 0 unspecified atom stereocenters. The number of carboxylic acid groups (broad SMARTS) is 1. The van der Waals surface area contributed by atoms with Crippen molar-refractivity contribution in [3.8, 4) is 11.5 Å². The quantitative estimate of drug-likeness (QED) is 0.0116. The number of ketones is 1. The number of fused-ring (bicyclic) bond motifs is 4. The van der Waals surface area contributed by atoms with Gasteiger partial charge in [0.15, 0.2) is 0 Å².